The van der Waals surface area contributed by atoms with Gasteiger partial charge < -0.3 is 10.4 Å². The molecule has 4 heteroatoms. The molecule has 0 bridgehead atoms. The lowest BCUT2D eigenvalue weighted by Crippen LogP contribution is -2.19. The van der Waals surface area contributed by atoms with E-state index in [4.69, 9.17) is 11.6 Å². The largest absolute Gasteiger partial charge is 0.384 e. The van der Waals surface area contributed by atoms with Crippen molar-refractivity contribution in [1.82, 2.24) is 0 Å². The van der Waals surface area contributed by atoms with Gasteiger partial charge in [0.25, 0.3) is 0 Å². The zero-order chi connectivity index (χ0) is 15.0. The van der Waals surface area contributed by atoms with E-state index in [9.17, 15) is 9.90 Å². The number of hydrogen-bond donors (Lipinski definition) is 2. The third-order valence-corrected chi connectivity index (χ3v) is 4.37. The molecule has 1 unspecified atom stereocenters. The zero-order valence-corrected chi connectivity index (χ0v) is 12.4. The predicted molar refractivity (Wildman–Crippen MR) is 83.6 cm³/mol. The van der Waals surface area contributed by atoms with Gasteiger partial charge in [0.1, 0.15) is 6.10 Å². The molecule has 21 heavy (non-hydrogen) atoms. The Balaban J connectivity index is 1.97. The quantitative estimate of drug-likeness (QED) is 0.890. The van der Waals surface area contributed by atoms with Crippen LogP contribution in [0.15, 0.2) is 36.4 Å². The molecule has 0 aromatic heterocycles. The van der Waals surface area contributed by atoms with Crippen molar-refractivity contribution in [2.45, 2.75) is 25.9 Å². The Kier molecular flexibility index (Phi) is 3.70. The van der Waals surface area contributed by atoms with Gasteiger partial charge in [-0.1, -0.05) is 41.9 Å². The van der Waals surface area contributed by atoms with E-state index < -0.39 is 6.10 Å². The summed E-state index contributed by atoms with van der Waals surface area (Å²) in [5, 5.41) is 14.0. The standard InChI is InChI=1S/C17H16ClNO2/c1-10-3-2-4-13(16(10)18)17(21)12-5-7-14-11(9-12)6-8-15(20)19-14/h2-5,7,9,17,21H,6,8H2,1H3,(H,19,20). The number of rotatable bonds is 2. The molecule has 2 N–H and O–H groups in total. The highest BCUT2D eigenvalue weighted by molar-refractivity contribution is 6.32. The monoisotopic (exact) mass is 301 g/mol. The van der Waals surface area contributed by atoms with Gasteiger partial charge in [0.15, 0.2) is 0 Å². The predicted octanol–water partition coefficient (Wildman–Crippen LogP) is 3.61. The van der Waals surface area contributed by atoms with Crippen molar-refractivity contribution in [3.05, 3.63) is 63.7 Å². The average Bonchev–Trinajstić information content (AvgIpc) is 2.49. The first-order valence-corrected chi connectivity index (χ1v) is 7.30. The molecule has 1 heterocycles. The molecule has 2 aromatic carbocycles. The van der Waals surface area contributed by atoms with Crippen molar-refractivity contribution in [3.63, 3.8) is 0 Å². The van der Waals surface area contributed by atoms with Crippen molar-refractivity contribution in [2.24, 2.45) is 0 Å². The van der Waals surface area contributed by atoms with Crippen LogP contribution in [0.1, 0.15) is 34.8 Å². The van der Waals surface area contributed by atoms with Gasteiger partial charge in [-0.15, -0.1) is 0 Å². The Morgan fingerprint density at radius 2 is 2.05 bits per heavy atom. The van der Waals surface area contributed by atoms with Gasteiger partial charge in [-0.05, 0) is 36.1 Å². The minimum atomic E-state index is -0.764. The highest BCUT2D eigenvalue weighted by Gasteiger charge is 2.19. The van der Waals surface area contributed by atoms with Crippen LogP contribution in [0.3, 0.4) is 0 Å². The van der Waals surface area contributed by atoms with Crippen molar-refractivity contribution >= 4 is 23.2 Å². The number of carbonyl (C=O) groups is 1. The maximum absolute atomic E-state index is 11.4. The van der Waals surface area contributed by atoms with E-state index in [0.717, 1.165) is 22.4 Å². The van der Waals surface area contributed by atoms with Gasteiger partial charge in [0.05, 0.1) is 0 Å². The van der Waals surface area contributed by atoms with Crippen molar-refractivity contribution in [3.8, 4) is 0 Å². The second-order valence-electron chi connectivity index (χ2n) is 5.35. The number of hydrogen-bond acceptors (Lipinski definition) is 2. The summed E-state index contributed by atoms with van der Waals surface area (Å²) in [6, 6.07) is 11.3. The summed E-state index contributed by atoms with van der Waals surface area (Å²) in [6.45, 7) is 1.92. The lowest BCUT2D eigenvalue weighted by Gasteiger charge is -2.20. The average molecular weight is 302 g/mol. The summed E-state index contributed by atoms with van der Waals surface area (Å²) in [5.41, 5.74) is 4.32. The van der Waals surface area contributed by atoms with E-state index in [2.05, 4.69) is 5.32 Å². The van der Waals surface area contributed by atoms with Crippen LogP contribution in [-0.2, 0) is 11.2 Å². The Morgan fingerprint density at radius 3 is 2.86 bits per heavy atom. The number of nitrogens with one attached hydrogen (secondary N) is 1. The van der Waals surface area contributed by atoms with Crippen molar-refractivity contribution in [1.29, 1.82) is 0 Å². The van der Waals surface area contributed by atoms with Crippen LogP contribution in [0.4, 0.5) is 5.69 Å². The first kappa shape index (κ1) is 14.1. The molecule has 0 saturated heterocycles. The molecule has 3 rings (SSSR count). The van der Waals surface area contributed by atoms with Crippen LogP contribution >= 0.6 is 11.6 Å². The molecular formula is C17H16ClNO2. The van der Waals surface area contributed by atoms with Gasteiger partial charge in [0, 0.05) is 22.7 Å². The fourth-order valence-corrected chi connectivity index (χ4v) is 2.86. The number of benzene rings is 2. The fourth-order valence-electron chi connectivity index (χ4n) is 2.63. The van der Waals surface area contributed by atoms with Gasteiger partial charge in [0.2, 0.25) is 5.91 Å². The molecule has 108 valence electrons. The van der Waals surface area contributed by atoms with Gasteiger partial charge in [-0.2, -0.15) is 0 Å². The SMILES string of the molecule is Cc1cccc(C(O)c2ccc3c(c2)CCC(=O)N3)c1Cl. The Labute approximate surface area is 128 Å². The second kappa shape index (κ2) is 5.51. The molecule has 0 fully saturated rings. The normalized spacial score (nSPS) is 15.3. The molecule has 1 aliphatic heterocycles. The number of fused-ring (bicyclic) bond motifs is 1. The summed E-state index contributed by atoms with van der Waals surface area (Å²) in [5.74, 6) is 0.0394. The lowest BCUT2D eigenvalue weighted by atomic mass is 9.95. The number of carbonyl (C=O) groups excluding carboxylic acids is 1. The van der Waals surface area contributed by atoms with E-state index >= 15 is 0 Å². The summed E-state index contributed by atoms with van der Waals surface area (Å²) in [7, 11) is 0. The Hall–Kier alpha value is -1.84. The van der Waals surface area contributed by atoms with E-state index in [1.165, 1.54) is 0 Å². The van der Waals surface area contributed by atoms with Gasteiger partial charge in [-0.25, -0.2) is 0 Å². The van der Waals surface area contributed by atoms with E-state index in [1.54, 1.807) is 0 Å². The van der Waals surface area contributed by atoms with Crippen LogP contribution in [0, 0.1) is 6.92 Å². The summed E-state index contributed by atoms with van der Waals surface area (Å²) in [6.07, 6.45) is 0.418. The Morgan fingerprint density at radius 1 is 1.24 bits per heavy atom. The minimum absolute atomic E-state index is 0.0394. The van der Waals surface area contributed by atoms with E-state index in [0.29, 0.717) is 23.4 Å². The number of aliphatic hydroxyl groups excluding tert-OH is 1. The summed E-state index contributed by atoms with van der Waals surface area (Å²) >= 11 is 6.28. The lowest BCUT2D eigenvalue weighted by molar-refractivity contribution is -0.116. The summed E-state index contributed by atoms with van der Waals surface area (Å²) < 4.78 is 0. The van der Waals surface area contributed by atoms with Crippen molar-refractivity contribution in [2.75, 3.05) is 5.32 Å². The van der Waals surface area contributed by atoms with E-state index in [-0.39, 0.29) is 5.91 Å². The van der Waals surface area contributed by atoms with Crippen LogP contribution in [0.2, 0.25) is 5.02 Å². The molecule has 0 spiro atoms. The molecule has 1 amide bonds. The third kappa shape index (κ3) is 2.67. The fraction of sp³-hybridized carbons (Fsp3) is 0.235. The van der Waals surface area contributed by atoms with Gasteiger partial charge >= 0.3 is 0 Å². The molecule has 2 aromatic rings. The molecule has 1 aliphatic rings. The Bertz CT molecular complexity index is 712. The number of halogens is 1. The number of aryl methyl sites for hydroxylation is 2. The molecule has 0 saturated carbocycles. The number of anilines is 1. The van der Waals surface area contributed by atoms with Crippen LogP contribution in [-0.4, -0.2) is 11.0 Å². The van der Waals surface area contributed by atoms with Crippen LogP contribution < -0.4 is 5.32 Å². The maximum Gasteiger partial charge on any atom is 0.224 e. The molecule has 1 atom stereocenters. The first-order chi connectivity index (χ1) is 10.1. The highest BCUT2D eigenvalue weighted by atomic mass is 35.5. The van der Waals surface area contributed by atoms with E-state index in [1.807, 2.05) is 43.3 Å². The molecule has 0 radical (unpaired) electrons. The minimum Gasteiger partial charge on any atom is -0.384 e. The number of aliphatic hydroxyl groups is 1. The van der Waals surface area contributed by atoms with Gasteiger partial charge in [-0.3, -0.25) is 4.79 Å². The molecular weight excluding hydrogens is 286 g/mol. The zero-order valence-electron chi connectivity index (χ0n) is 11.7. The molecule has 3 nitrogen and oxygen atoms in total. The second-order valence-corrected chi connectivity index (χ2v) is 5.72. The van der Waals surface area contributed by atoms with Crippen molar-refractivity contribution < 1.29 is 9.90 Å². The van der Waals surface area contributed by atoms with Crippen LogP contribution in [0.25, 0.3) is 0 Å². The summed E-state index contributed by atoms with van der Waals surface area (Å²) in [4.78, 5) is 11.4. The van der Waals surface area contributed by atoms with Crippen LogP contribution in [0.5, 0.6) is 0 Å². The number of amides is 1. The first-order valence-electron chi connectivity index (χ1n) is 6.92. The third-order valence-electron chi connectivity index (χ3n) is 3.86. The highest BCUT2D eigenvalue weighted by Crippen LogP contribution is 2.33. The molecule has 0 aliphatic carbocycles. The smallest absolute Gasteiger partial charge is 0.224 e. The maximum atomic E-state index is 11.4. The topological polar surface area (TPSA) is 49.3 Å².